The number of hydrogen-bond donors (Lipinski definition) is 0. The Kier molecular flexibility index (Phi) is 6.40. The minimum atomic E-state index is -0.560. The predicted molar refractivity (Wildman–Crippen MR) is 119 cm³/mol. The van der Waals surface area contributed by atoms with Crippen LogP contribution in [0.2, 0.25) is 0 Å². The summed E-state index contributed by atoms with van der Waals surface area (Å²) in [5.41, 5.74) is 6.03. The van der Waals surface area contributed by atoms with Gasteiger partial charge in [0.25, 0.3) is 0 Å². The normalized spacial score (nSPS) is 16.2. The highest BCUT2D eigenvalue weighted by Gasteiger charge is 2.48. The topological polar surface area (TPSA) is 0 Å². The largest absolute Gasteiger partial charge is 0.207 e. The van der Waals surface area contributed by atoms with Gasteiger partial charge in [-0.3, -0.25) is 0 Å². The van der Waals surface area contributed by atoms with Gasteiger partial charge in [0.2, 0.25) is 0 Å². The zero-order chi connectivity index (χ0) is 22.1. The molecular formula is C27H29F3. The summed E-state index contributed by atoms with van der Waals surface area (Å²) in [5.74, 6) is -1.44. The highest BCUT2D eigenvalue weighted by Crippen LogP contribution is 2.62. The van der Waals surface area contributed by atoms with E-state index in [2.05, 4.69) is 33.4 Å². The maximum Gasteiger partial charge on any atom is 0.126 e. The van der Waals surface area contributed by atoms with Crippen molar-refractivity contribution in [1.82, 2.24) is 0 Å². The van der Waals surface area contributed by atoms with E-state index in [4.69, 9.17) is 0 Å². The quantitative estimate of drug-likeness (QED) is 0.318. The number of hydrogen-bond acceptors (Lipinski definition) is 0. The maximum absolute atomic E-state index is 13.7. The molecule has 0 spiro atoms. The molecule has 1 aliphatic rings. The fraction of sp³-hybridized carbons (Fsp3) is 0.333. The van der Waals surface area contributed by atoms with Crippen LogP contribution < -0.4 is 0 Å². The molecule has 1 unspecified atom stereocenters. The SMILES string of the molecule is C=C(CC(C)c1cc(F)cc(F)c1)C1(/C(=C\C(C)=C(C)C)c2ccc(F)cc2)CC1. The number of allylic oxidation sites excluding steroid dienone is 5. The van der Waals surface area contributed by atoms with E-state index in [1.807, 2.05) is 19.1 Å². The van der Waals surface area contributed by atoms with Crippen molar-refractivity contribution in [2.45, 2.75) is 52.9 Å². The minimum absolute atomic E-state index is 0.0563. The Bertz CT molecular complexity index is 981. The van der Waals surface area contributed by atoms with Gasteiger partial charge in [0.05, 0.1) is 0 Å². The zero-order valence-electron chi connectivity index (χ0n) is 18.2. The molecule has 0 heterocycles. The fourth-order valence-corrected chi connectivity index (χ4v) is 3.97. The van der Waals surface area contributed by atoms with Crippen LogP contribution >= 0.6 is 0 Å². The Morgan fingerprint density at radius 3 is 2.03 bits per heavy atom. The van der Waals surface area contributed by atoms with Gasteiger partial charge in [-0.05, 0) is 86.9 Å². The van der Waals surface area contributed by atoms with Crippen LogP contribution in [0.4, 0.5) is 13.2 Å². The summed E-state index contributed by atoms with van der Waals surface area (Å²) in [6.45, 7) is 12.6. The molecule has 0 nitrogen and oxygen atoms in total. The molecule has 3 heteroatoms. The summed E-state index contributed by atoms with van der Waals surface area (Å²) in [6.07, 6.45) is 4.76. The van der Waals surface area contributed by atoms with Crippen molar-refractivity contribution >= 4 is 5.57 Å². The van der Waals surface area contributed by atoms with Gasteiger partial charge in [0, 0.05) is 11.5 Å². The smallest absolute Gasteiger partial charge is 0.126 e. The van der Waals surface area contributed by atoms with Crippen molar-refractivity contribution in [2.24, 2.45) is 5.41 Å². The Labute approximate surface area is 177 Å². The molecule has 30 heavy (non-hydrogen) atoms. The van der Waals surface area contributed by atoms with E-state index in [0.29, 0.717) is 12.0 Å². The summed E-state index contributed by atoms with van der Waals surface area (Å²) in [7, 11) is 0. The second-order valence-electron chi connectivity index (χ2n) is 8.74. The molecule has 2 aromatic rings. The summed E-state index contributed by atoms with van der Waals surface area (Å²) in [5, 5.41) is 0. The molecule has 1 saturated carbocycles. The maximum atomic E-state index is 13.7. The highest BCUT2D eigenvalue weighted by molar-refractivity contribution is 5.78. The van der Waals surface area contributed by atoms with Gasteiger partial charge in [0.1, 0.15) is 17.5 Å². The lowest BCUT2D eigenvalue weighted by Crippen LogP contribution is -2.11. The molecule has 2 aromatic carbocycles. The van der Waals surface area contributed by atoms with Crippen molar-refractivity contribution in [1.29, 1.82) is 0 Å². The summed E-state index contributed by atoms with van der Waals surface area (Å²) >= 11 is 0. The van der Waals surface area contributed by atoms with Crippen molar-refractivity contribution in [3.63, 3.8) is 0 Å². The lowest BCUT2D eigenvalue weighted by atomic mass is 9.78. The van der Waals surface area contributed by atoms with Crippen LogP contribution in [0.5, 0.6) is 0 Å². The standard InChI is InChI=1S/C27H29F3/c1-17(2)18(3)13-26(21-6-8-23(28)9-7-21)27(10-11-27)20(5)12-19(4)22-14-24(29)16-25(30)15-22/h6-9,13-16,19H,5,10-12H2,1-4H3/b26-13-. The Morgan fingerprint density at radius 2 is 1.53 bits per heavy atom. The molecule has 1 aliphatic carbocycles. The van der Waals surface area contributed by atoms with E-state index >= 15 is 0 Å². The number of rotatable bonds is 7. The molecule has 0 radical (unpaired) electrons. The van der Waals surface area contributed by atoms with Crippen LogP contribution in [-0.4, -0.2) is 0 Å². The summed E-state index contributed by atoms with van der Waals surface area (Å²) in [6, 6.07) is 10.3. The minimum Gasteiger partial charge on any atom is -0.207 e. The van der Waals surface area contributed by atoms with E-state index in [0.717, 1.165) is 35.6 Å². The second-order valence-corrected chi connectivity index (χ2v) is 8.74. The molecule has 0 amide bonds. The molecule has 0 saturated heterocycles. The lowest BCUT2D eigenvalue weighted by molar-refractivity contribution is 0.572. The van der Waals surface area contributed by atoms with Crippen molar-refractivity contribution in [3.8, 4) is 0 Å². The Balaban J connectivity index is 1.94. The van der Waals surface area contributed by atoms with E-state index in [1.54, 1.807) is 0 Å². The first-order valence-corrected chi connectivity index (χ1v) is 10.4. The lowest BCUT2D eigenvalue weighted by Gasteiger charge is -2.26. The molecule has 0 bridgehead atoms. The number of benzene rings is 2. The van der Waals surface area contributed by atoms with Crippen molar-refractivity contribution < 1.29 is 13.2 Å². The van der Waals surface area contributed by atoms with Crippen LogP contribution in [-0.2, 0) is 0 Å². The first-order valence-electron chi connectivity index (χ1n) is 10.4. The molecule has 1 fully saturated rings. The molecule has 0 aromatic heterocycles. The van der Waals surface area contributed by atoms with Crippen molar-refractivity contribution in [3.05, 3.63) is 100 Å². The molecule has 3 rings (SSSR count). The Hall–Kier alpha value is -2.55. The van der Waals surface area contributed by atoms with Gasteiger partial charge in [-0.2, -0.15) is 0 Å². The molecule has 1 atom stereocenters. The van der Waals surface area contributed by atoms with Crippen LogP contribution in [0.1, 0.15) is 64.0 Å². The van der Waals surface area contributed by atoms with Crippen LogP contribution in [0, 0.1) is 22.9 Å². The average molecular weight is 411 g/mol. The van der Waals surface area contributed by atoms with Gasteiger partial charge < -0.3 is 0 Å². The molecular weight excluding hydrogens is 381 g/mol. The summed E-state index contributed by atoms with van der Waals surface area (Å²) < 4.78 is 40.9. The van der Waals surface area contributed by atoms with E-state index < -0.39 is 11.6 Å². The highest BCUT2D eigenvalue weighted by atomic mass is 19.1. The average Bonchev–Trinajstić information content (AvgIpc) is 3.47. The first kappa shape index (κ1) is 22.1. The fourth-order valence-electron chi connectivity index (χ4n) is 3.97. The van der Waals surface area contributed by atoms with E-state index in [-0.39, 0.29) is 17.2 Å². The molecule has 0 aliphatic heterocycles. The third-order valence-corrected chi connectivity index (χ3v) is 6.25. The molecule has 158 valence electrons. The van der Waals surface area contributed by atoms with E-state index in [9.17, 15) is 13.2 Å². The monoisotopic (exact) mass is 410 g/mol. The van der Waals surface area contributed by atoms with Crippen LogP contribution in [0.25, 0.3) is 5.57 Å². The van der Waals surface area contributed by atoms with Gasteiger partial charge in [0.15, 0.2) is 0 Å². The molecule has 0 N–H and O–H groups in total. The van der Waals surface area contributed by atoms with Gasteiger partial charge in [-0.1, -0.05) is 48.4 Å². The predicted octanol–water partition coefficient (Wildman–Crippen LogP) is 8.37. The zero-order valence-corrected chi connectivity index (χ0v) is 18.2. The van der Waals surface area contributed by atoms with E-state index in [1.165, 1.54) is 35.4 Å². The number of halogens is 3. The van der Waals surface area contributed by atoms with Gasteiger partial charge in [-0.25, -0.2) is 13.2 Å². The Morgan fingerprint density at radius 1 is 0.967 bits per heavy atom. The summed E-state index contributed by atoms with van der Waals surface area (Å²) in [4.78, 5) is 0. The second kappa shape index (κ2) is 8.67. The van der Waals surface area contributed by atoms with Gasteiger partial charge in [-0.15, -0.1) is 0 Å². The third-order valence-electron chi connectivity index (χ3n) is 6.25. The van der Waals surface area contributed by atoms with Crippen LogP contribution in [0.15, 0.2) is 71.8 Å². The first-order chi connectivity index (χ1) is 14.1. The van der Waals surface area contributed by atoms with Gasteiger partial charge >= 0.3 is 0 Å². The third kappa shape index (κ3) is 4.77. The van der Waals surface area contributed by atoms with Crippen LogP contribution in [0.3, 0.4) is 0 Å². The van der Waals surface area contributed by atoms with Crippen molar-refractivity contribution in [2.75, 3.05) is 0 Å².